The quantitative estimate of drug-likeness (QED) is 0.466. The van der Waals surface area contributed by atoms with Crippen LogP contribution < -0.4 is 10.1 Å². The first-order chi connectivity index (χ1) is 16.0. The monoisotopic (exact) mass is 446 g/mol. The fourth-order valence-electron chi connectivity index (χ4n) is 4.37. The normalized spacial score (nSPS) is 14.5. The molecule has 0 saturated carbocycles. The predicted molar refractivity (Wildman–Crippen MR) is 124 cm³/mol. The van der Waals surface area contributed by atoms with Crippen LogP contribution in [0.1, 0.15) is 23.2 Å². The Kier molecular flexibility index (Phi) is 5.46. The van der Waals surface area contributed by atoms with Crippen molar-refractivity contribution in [2.45, 2.75) is 12.8 Å². The molecule has 6 nitrogen and oxygen atoms in total. The van der Waals surface area contributed by atoms with Gasteiger partial charge in [0.2, 0.25) is 5.91 Å². The minimum atomic E-state index is -0.377. The van der Waals surface area contributed by atoms with Gasteiger partial charge in [-0.1, -0.05) is 18.2 Å². The van der Waals surface area contributed by atoms with Crippen LogP contribution in [0, 0.1) is 11.7 Å². The molecule has 0 unspecified atom stereocenters. The molecule has 1 aliphatic rings. The molecule has 1 aromatic heterocycles. The number of furan rings is 1. The molecule has 2 amide bonds. The number of methoxy groups -OCH3 is 1. The number of piperidine rings is 1. The van der Waals surface area contributed by atoms with Gasteiger partial charge >= 0.3 is 0 Å². The summed E-state index contributed by atoms with van der Waals surface area (Å²) in [5, 5.41) is 4.89. The number of likely N-dealkylation sites (tertiary alicyclic amines) is 1. The molecule has 0 bridgehead atoms. The van der Waals surface area contributed by atoms with Gasteiger partial charge in [0.25, 0.3) is 5.91 Å². The van der Waals surface area contributed by atoms with E-state index in [2.05, 4.69) is 5.32 Å². The highest BCUT2D eigenvalue weighted by molar-refractivity contribution is 6.08. The first kappa shape index (κ1) is 21.0. The van der Waals surface area contributed by atoms with Crippen LogP contribution in [0.2, 0.25) is 0 Å². The van der Waals surface area contributed by atoms with E-state index < -0.39 is 0 Å². The number of rotatable bonds is 4. The molecule has 1 fully saturated rings. The fraction of sp³-hybridized carbons (Fsp3) is 0.231. The lowest BCUT2D eigenvalue weighted by atomic mass is 9.95. The highest BCUT2D eigenvalue weighted by atomic mass is 19.1. The van der Waals surface area contributed by atoms with Crippen LogP contribution in [0.5, 0.6) is 5.75 Å². The zero-order valence-electron chi connectivity index (χ0n) is 18.1. The van der Waals surface area contributed by atoms with Gasteiger partial charge in [-0.2, -0.15) is 0 Å². The van der Waals surface area contributed by atoms with Crippen LogP contribution >= 0.6 is 0 Å². The van der Waals surface area contributed by atoms with Crippen LogP contribution in [-0.4, -0.2) is 36.9 Å². The van der Waals surface area contributed by atoms with E-state index in [0.717, 1.165) is 16.4 Å². The molecule has 0 radical (unpaired) electrons. The van der Waals surface area contributed by atoms with E-state index in [-0.39, 0.29) is 23.5 Å². The Morgan fingerprint density at radius 1 is 1.00 bits per heavy atom. The number of fused-ring (bicyclic) bond motifs is 3. The van der Waals surface area contributed by atoms with Crippen molar-refractivity contribution in [1.29, 1.82) is 0 Å². The maximum Gasteiger partial charge on any atom is 0.253 e. The summed E-state index contributed by atoms with van der Waals surface area (Å²) in [4.78, 5) is 27.3. The summed E-state index contributed by atoms with van der Waals surface area (Å²) >= 11 is 0. The molecule has 1 aliphatic heterocycles. The number of ether oxygens (including phenoxy) is 1. The second kappa shape index (κ2) is 8.58. The van der Waals surface area contributed by atoms with E-state index in [0.29, 0.717) is 48.5 Å². The SMILES string of the molecule is COc1cc2c(cc1NC(=O)C1CCN(C(=O)c3ccc(F)cc3)CC1)oc1ccccc12. The van der Waals surface area contributed by atoms with Crippen molar-refractivity contribution >= 4 is 39.4 Å². The minimum absolute atomic E-state index is 0.113. The van der Waals surface area contributed by atoms with Crippen LogP contribution in [0.15, 0.2) is 65.1 Å². The van der Waals surface area contributed by atoms with Crippen LogP contribution in [-0.2, 0) is 4.79 Å². The zero-order valence-corrected chi connectivity index (χ0v) is 18.1. The number of carbonyl (C=O) groups excluding carboxylic acids is 2. The lowest BCUT2D eigenvalue weighted by Crippen LogP contribution is -2.41. The van der Waals surface area contributed by atoms with Gasteiger partial charge in [-0.05, 0) is 49.2 Å². The van der Waals surface area contributed by atoms with Gasteiger partial charge in [0.1, 0.15) is 22.7 Å². The van der Waals surface area contributed by atoms with E-state index in [4.69, 9.17) is 9.15 Å². The fourth-order valence-corrected chi connectivity index (χ4v) is 4.37. The van der Waals surface area contributed by atoms with Gasteiger partial charge in [0.15, 0.2) is 0 Å². The topological polar surface area (TPSA) is 71.8 Å². The van der Waals surface area contributed by atoms with Gasteiger partial charge in [0, 0.05) is 41.4 Å². The molecule has 0 spiro atoms. The summed E-state index contributed by atoms with van der Waals surface area (Å²) in [7, 11) is 1.57. The van der Waals surface area contributed by atoms with Gasteiger partial charge < -0.3 is 19.4 Å². The first-order valence-corrected chi connectivity index (χ1v) is 10.9. The highest BCUT2D eigenvalue weighted by Gasteiger charge is 2.28. The Balaban J connectivity index is 1.28. The molecule has 2 heterocycles. The number of hydrogen-bond donors (Lipinski definition) is 1. The van der Waals surface area contributed by atoms with E-state index in [1.807, 2.05) is 30.3 Å². The summed E-state index contributed by atoms with van der Waals surface area (Å²) in [6.45, 7) is 0.933. The average Bonchev–Trinajstić information content (AvgIpc) is 3.21. The van der Waals surface area contributed by atoms with E-state index >= 15 is 0 Å². The largest absolute Gasteiger partial charge is 0.495 e. The van der Waals surface area contributed by atoms with Crippen molar-refractivity contribution in [3.05, 3.63) is 72.0 Å². The number of benzene rings is 3. The predicted octanol–water partition coefficient (Wildman–Crippen LogP) is 5.22. The molecule has 4 aromatic rings. The molecule has 33 heavy (non-hydrogen) atoms. The van der Waals surface area contributed by atoms with Crippen molar-refractivity contribution in [3.8, 4) is 5.75 Å². The van der Waals surface area contributed by atoms with Crippen molar-refractivity contribution < 1.29 is 23.1 Å². The highest BCUT2D eigenvalue weighted by Crippen LogP contribution is 2.36. The first-order valence-electron chi connectivity index (χ1n) is 10.9. The Morgan fingerprint density at radius 2 is 1.73 bits per heavy atom. The van der Waals surface area contributed by atoms with Crippen molar-refractivity contribution in [1.82, 2.24) is 4.90 Å². The van der Waals surface area contributed by atoms with Crippen molar-refractivity contribution in [2.24, 2.45) is 5.92 Å². The number of anilines is 1. The lowest BCUT2D eigenvalue weighted by molar-refractivity contribution is -0.121. The minimum Gasteiger partial charge on any atom is -0.495 e. The van der Waals surface area contributed by atoms with E-state index in [1.54, 1.807) is 18.1 Å². The number of halogens is 1. The lowest BCUT2D eigenvalue weighted by Gasteiger charge is -2.31. The van der Waals surface area contributed by atoms with Gasteiger partial charge in [-0.15, -0.1) is 0 Å². The molecule has 7 heteroatoms. The number of hydrogen-bond acceptors (Lipinski definition) is 4. The Hall–Kier alpha value is -3.87. The Bertz CT molecular complexity index is 1340. The summed E-state index contributed by atoms with van der Waals surface area (Å²) in [6, 6.07) is 16.9. The summed E-state index contributed by atoms with van der Waals surface area (Å²) in [5.41, 5.74) is 2.45. The zero-order chi connectivity index (χ0) is 22.9. The maximum atomic E-state index is 13.1. The molecule has 0 aliphatic carbocycles. The van der Waals surface area contributed by atoms with Gasteiger partial charge in [0.05, 0.1) is 12.8 Å². The van der Waals surface area contributed by atoms with Crippen LogP contribution in [0.3, 0.4) is 0 Å². The van der Waals surface area contributed by atoms with E-state index in [1.165, 1.54) is 24.3 Å². The molecular weight excluding hydrogens is 423 g/mol. The number of carbonyl (C=O) groups is 2. The average molecular weight is 446 g/mol. The van der Waals surface area contributed by atoms with Crippen LogP contribution in [0.25, 0.3) is 21.9 Å². The third kappa shape index (κ3) is 4.02. The summed E-state index contributed by atoms with van der Waals surface area (Å²) in [6.07, 6.45) is 1.10. The third-order valence-electron chi connectivity index (χ3n) is 6.20. The van der Waals surface area contributed by atoms with E-state index in [9.17, 15) is 14.0 Å². The molecule has 1 N–H and O–H groups in total. The molecule has 1 saturated heterocycles. The standard InChI is InChI=1S/C26H23FN2O4/c1-32-24-14-20-19-4-2-3-5-22(19)33-23(20)15-21(24)28-25(30)16-10-12-29(13-11-16)26(31)17-6-8-18(27)9-7-17/h2-9,14-16H,10-13H2,1H3,(H,28,30). The Labute approximate surface area is 189 Å². The number of amides is 2. The maximum absolute atomic E-state index is 13.1. The molecule has 0 atom stereocenters. The number of nitrogens with zero attached hydrogens (tertiary/aromatic N) is 1. The number of nitrogens with one attached hydrogen (secondary N) is 1. The second-order valence-corrected chi connectivity index (χ2v) is 8.21. The summed E-state index contributed by atoms with van der Waals surface area (Å²) in [5.74, 6) is -0.300. The van der Waals surface area contributed by atoms with Gasteiger partial charge in [-0.25, -0.2) is 4.39 Å². The third-order valence-corrected chi connectivity index (χ3v) is 6.20. The summed E-state index contributed by atoms with van der Waals surface area (Å²) < 4.78 is 24.6. The molecule has 168 valence electrons. The van der Waals surface area contributed by atoms with Crippen LogP contribution in [0.4, 0.5) is 10.1 Å². The molecule has 5 rings (SSSR count). The Morgan fingerprint density at radius 3 is 2.45 bits per heavy atom. The van der Waals surface area contributed by atoms with Crippen molar-refractivity contribution in [2.75, 3.05) is 25.5 Å². The molecular formula is C26H23FN2O4. The van der Waals surface area contributed by atoms with Crippen molar-refractivity contribution in [3.63, 3.8) is 0 Å². The number of para-hydroxylation sites is 1. The molecule has 3 aromatic carbocycles. The second-order valence-electron chi connectivity index (χ2n) is 8.21. The smallest absolute Gasteiger partial charge is 0.253 e. The van der Waals surface area contributed by atoms with Gasteiger partial charge in [-0.3, -0.25) is 9.59 Å².